The van der Waals surface area contributed by atoms with Crippen LogP contribution < -0.4 is 0 Å². The summed E-state index contributed by atoms with van der Waals surface area (Å²) >= 11 is 0. The molecule has 0 aliphatic heterocycles. The van der Waals surface area contributed by atoms with Gasteiger partial charge in [-0.25, -0.2) is 0 Å². The van der Waals surface area contributed by atoms with Crippen LogP contribution in [0.3, 0.4) is 0 Å². The molecular weight excluding hydrogens is 265 g/mol. The fraction of sp³-hybridized carbons (Fsp3) is 0.900. The molecule has 0 saturated heterocycles. The van der Waals surface area contributed by atoms with E-state index in [2.05, 4.69) is 0 Å². The van der Waals surface area contributed by atoms with Crippen LogP contribution in [0.2, 0.25) is 0 Å². The van der Waals surface area contributed by atoms with E-state index in [9.17, 15) is 4.79 Å². The quantitative estimate of drug-likeness (QED) is 0.588. The number of ether oxygens (including phenoxy) is 1. The van der Waals surface area contributed by atoms with Gasteiger partial charge in [-0.2, -0.15) is 0 Å². The molecule has 0 amide bonds. The molecule has 0 unspecified atom stereocenters. The van der Waals surface area contributed by atoms with E-state index in [1.54, 1.807) is 0 Å². The van der Waals surface area contributed by atoms with E-state index in [4.69, 9.17) is 4.74 Å². The third kappa shape index (κ3) is 5.65. The van der Waals surface area contributed by atoms with Crippen molar-refractivity contribution in [3.63, 3.8) is 0 Å². The SMILES string of the molecule is CCCC(=O)OC1CCCCC1.[Cd]. The Balaban J connectivity index is 0.00000144. The van der Waals surface area contributed by atoms with Gasteiger partial charge in [0.15, 0.2) is 0 Å². The van der Waals surface area contributed by atoms with Crippen molar-refractivity contribution in [3.8, 4) is 0 Å². The molecule has 0 bridgehead atoms. The molecule has 0 aromatic heterocycles. The number of carbonyl (C=O) groups is 1. The Kier molecular flexibility index (Phi) is 8.00. The smallest absolute Gasteiger partial charge is 0.306 e. The molecule has 1 fully saturated rings. The van der Waals surface area contributed by atoms with Crippen LogP contribution >= 0.6 is 0 Å². The van der Waals surface area contributed by atoms with Gasteiger partial charge in [0.25, 0.3) is 0 Å². The van der Waals surface area contributed by atoms with Crippen LogP contribution in [0.1, 0.15) is 51.9 Å². The van der Waals surface area contributed by atoms with Gasteiger partial charge in [-0.1, -0.05) is 13.3 Å². The van der Waals surface area contributed by atoms with Crippen molar-refractivity contribution in [1.29, 1.82) is 0 Å². The molecule has 0 atom stereocenters. The van der Waals surface area contributed by atoms with E-state index >= 15 is 0 Å². The van der Waals surface area contributed by atoms with E-state index in [1.807, 2.05) is 6.92 Å². The number of carbonyl (C=O) groups excluding carboxylic acids is 1. The van der Waals surface area contributed by atoms with Crippen molar-refractivity contribution in [3.05, 3.63) is 0 Å². The number of hydrogen-bond donors (Lipinski definition) is 0. The first-order valence-electron chi connectivity index (χ1n) is 5.02. The van der Waals surface area contributed by atoms with Gasteiger partial charge in [0.05, 0.1) is 0 Å². The van der Waals surface area contributed by atoms with E-state index in [0.29, 0.717) is 6.42 Å². The summed E-state index contributed by atoms with van der Waals surface area (Å²) in [6, 6.07) is 0. The molecule has 0 N–H and O–H groups in total. The van der Waals surface area contributed by atoms with Gasteiger partial charge >= 0.3 is 5.97 Å². The van der Waals surface area contributed by atoms with Gasteiger partial charge in [0.2, 0.25) is 0 Å². The van der Waals surface area contributed by atoms with Gasteiger partial charge in [-0.05, 0) is 32.1 Å². The fourth-order valence-electron chi connectivity index (χ4n) is 1.63. The third-order valence-electron chi connectivity index (χ3n) is 2.30. The summed E-state index contributed by atoms with van der Waals surface area (Å²) < 4.78 is 5.29. The first-order valence-corrected chi connectivity index (χ1v) is 5.02. The van der Waals surface area contributed by atoms with Crippen molar-refractivity contribution in [2.45, 2.75) is 58.0 Å². The maximum absolute atomic E-state index is 11.1. The summed E-state index contributed by atoms with van der Waals surface area (Å²) in [6.07, 6.45) is 7.63. The minimum Gasteiger partial charge on any atom is -0.462 e. The molecule has 1 saturated carbocycles. The van der Waals surface area contributed by atoms with E-state index < -0.39 is 0 Å². The maximum Gasteiger partial charge on any atom is 0.306 e. The van der Waals surface area contributed by atoms with Gasteiger partial charge in [-0.15, -0.1) is 0 Å². The Hall–Kier alpha value is 0.392. The van der Waals surface area contributed by atoms with E-state index in [1.165, 1.54) is 19.3 Å². The Morgan fingerprint density at radius 3 is 2.46 bits per heavy atom. The molecule has 2 nitrogen and oxygen atoms in total. The minimum atomic E-state index is -0.00981. The molecule has 13 heavy (non-hydrogen) atoms. The topological polar surface area (TPSA) is 26.3 Å². The second kappa shape index (κ2) is 7.76. The Morgan fingerprint density at radius 2 is 1.92 bits per heavy atom. The Bertz CT molecular complexity index is 142. The Morgan fingerprint density at radius 1 is 1.31 bits per heavy atom. The molecule has 1 aliphatic carbocycles. The standard InChI is InChI=1S/C10H18O2.Cd/c1-2-6-10(11)12-9-7-4-3-5-8-9;/h9H,2-8H2,1H3;. The Labute approximate surface area is 101 Å². The second-order valence-corrected chi connectivity index (χ2v) is 3.50. The maximum atomic E-state index is 11.1. The number of hydrogen-bond acceptors (Lipinski definition) is 2. The molecular formula is C10H18CdO2. The van der Waals surface area contributed by atoms with Crippen LogP contribution in [0.25, 0.3) is 0 Å². The van der Waals surface area contributed by atoms with Gasteiger partial charge in [-0.3, -0.25) is 4.79 Å². The molecule has 3 heteroatoms. The van der Waals surface area contributed by atoms with Crippen LogP contribution in [0, 0.1) is 0 Å². The summed E-state index contributed by atoms with van der Waals surface area (Å²) in [5, 5.41) is 0. The monoisotopic (exact) mass is 284 g/mol. The fourth-order valence-corrected chi connectivity index (χ4v) is 1.63. The van der Waals surface area contributed by atoms with Crippen LogP contribution in [-0.2, 0) is 36.8 Å². The predicted molar refractivity (Wildman–Crippen MR) is 47.9 cm³/mol. The number of rotatable bonds is 3. The van der Waals surface area contributed by atoms with Gasteiger partial charge < -0.3 is 4.74 Å². The average Bonchev–Trinajstić information content (AvgIpc) is 2.06. The molecule has 1 aliphatic rings. The summed E-state index contributed by atoms with van der Waals surface area (Å²) in [5.74, 6) is -0.00981. The number of esters is 1. The molecule has 72 valence electrons. The van der Waals surface area contributed by atoms with Gasteiger partial charge in [0, 0.05) is 33.7 Å². The zero-order chi connectivity index (χ0) is 8.81. The first-order chi connectivity index (χ1) is 5.83. The van der Waals surface area contributed by atoms with Crippen molar-refractivity contribution < 1.29 is 36.8 Å². The summed E-state index contributed by atoms with van der Waals surface area (Å²) in [5.41, 5.74) is 0. The van der Waals surface area contributed by atoms with E-state index in [0.717, 1.165) is 19.3 Å². The van der Waals surface area contributed by atoms with Crippen LogP contribution in [-0.4, -0.2) is 12.1 Å². The van der Waals surface area contributed by atoms with Crippen molar-refractivity contribution in [1.82, 2.24) is 0 Å². The summed E-state index contributed by atoms with van der Waals surface area (Å²) in [7, 11) is 0. The van der Waals surface area contributed by atoms with Crippen molar-refractivity contribution >= 4 is 5.97 Å². The molecule has 0 aromatic rings. The van der Waals surface area contributed by atoms with E-state index in [-0.39, 0.29) is 39.4 Å². The molecule has 0 spiro atoms. The van der Waals surface area contributed by atoms with Gasteiger partial charge in [0.1, 0.15) is 6.10 Å². The third-order valence-corrected chi connectivity index (χ3v) is 2.30. The first kappa shape index (κ1) is 13.4. The van der Waals surface area contributed by atoms with Crippen LogP contribution in [0.5, 0.6) is 0 Å². The normalized spacial score (nSPS) is 17.6. The largest absolute Gasteiger partial charge is 0.462 e. The zero-order valence-electron chi connectivity index (χ0n) is 8.55. The predicted octanol–water partition coefficient (Wildman–Crippen LogP) is 2.66. The van der Waals surface area contributed by atoms with Crippen molar-refractivity contribution in [2.24, 2.45) is 0 Å². The van der Waals surface area contributed by atoms with Crippen LogP contribution in [0.15, 0.2) is 0 Å². The van der Waals surface area contributed by atoms with Crippen LogP contribution in [0.4, 0.5) is 0 Å². The molecule has 1 rings (SSSR count). The minimum absolute atomic E-state index is 0. The molecule has 0 radical (unpaired) electrons. The average molecular weight is 283 g/mol. The summed E-state index contributed by atoms with van der Waals surface area (Å²) in [6.45, 7) is 2.00. The molecule has 0 heterocycles. The summed E-state index contributed by atoms with van der Waals surface area (Å²) in [4.78, 5) is 11.1. The molecule has 0 aromatic carbocycles. The second-order valence-electron chi connectivity index (χ2n) is 3.50. The van der Waals surface area contributed by atoms with Crippen molar-refractivity contribution in [2.75, 3.05) is 0 Å². The zero-order valence-corrected chi connectivity index (χ0v) is 12.6.